The van der Waals surface area contributed by atoms with Crippen LogP contribution in [0.15, 0.2) is 5.38 Å². The Labute approximate surface area is 242 Å². The van der Waals surface area contributed by atoms with E-state index in [1.807, 2.05) is 25.8 Å². The molecule has 1 aromatic heterocycles. The number of carboxylic acid groups (broad SMARTS) is 2. The number of anilines is 1. The summed E-state index contributed by atoms with van der Waals surface area (Å²) in [7, 11) is 1.88. The molecule has 2 rings (SSSR count). The molecular formula is C26H40N6O8S. The molecule has 14 nitrogen and oxygen atoms in total. The highest BCUT2D eigenvalue weighted by Crippen LogP contribution is 2.19. The molecule has 1 aliphatic heterocycles. The van der Waals surface area contributed by atoms with Gasteiger partial charge in [-0.2, -0.15) is 0 Å². The first kappa shape index (κ1) is 33.6. The molecule has 1 aromatic rings. The van der Waals surface area contributed by atoms with E-state index >= 15 is 0 Å². The maximum absolute atomic E-state index is 13.4. The van der Waals surface area contributed by atoms with Crippen molar-refractivity contribution in [1.29, 1.82) is 0 Å². The molecule has 2 heterocycles. The number of carboxylic acids is 2. The molecule has 5 atom stereocenters. The van der Waals surface area contributed by atoms with Crippen molar-refractivity contribution >= 4 is 52.0 Å². The van der Waals surface area contributed by atoms with Crippen molar-refractivity contribution in [2.75, 3.05) is 18.9 Å². The minimum atomic E-state index is -1.65. The minimum Gasteiger partial charge on any atom is -0.481 e. The summed E-state index contributed by atoms with van der Waals surface area (Å²) >= 11 is 0.901. The third-order valence-electron chi connectivity index (χ3n) is 7.06. The smallest absolute Gasteiger partial charge is 0.326 e. The van der Waals surface area contributed by atoms with Crippen molar-refractivity contribution in [3.63, 3.8) is 0 Å². The fraction of sp³-hybridized carbons (Fsp3) is 0.654. The predicted octanol–water partition coefficient (Wildman–Crippen LogP) is 0.895. The number of carbonyl (C=O) groups excluding carboxylic acids is 4. The molecule has 41 heavy (non-hydrogen) atoms. The number of aliphatic carboxylic acids is 2. The molecule has 0 spiro atoms. The minimum absolute atomic E-state index is 0.0253. The second-order valence-electron chi connectivity index (χ2n) is 10.6. The van der Waals surface area contributed by atoms with Gasteiger partial charge in [-0.1, -0.05) is 40.5 Å². The first-order valence-corrected chi connectivity index (χ1v) is 14.5. The molecule has 2 unspecified atom stereocenters. The Morgan fingerprint density at radius 3 is 2.27 bits per heavy atom. The highest BCUT2D eigenvalue weighted by atomic mass is 32.1. The number of likely N-dealkylation sites (N-methyl/N-ethyl adjacent to an activating group) is 1. The quantitative estimate of drug-likeness (QED) is 0.179. The van der Waals surface area contributed by atoms with Crippen molar-refractivity contribution < 1.29 is 39.0 Å². The molecule has 0 saturated carbocycles. The lowest BCUT2D eigenvalue weighted by Gasteiger charge is -2.34. The van der Waals surface area contributed by atoms with E-state index in [1.165, 1.54) is 5.38 Å². The van der Waals surface area contributed by atoms with Gasteiger partial charge in [-0.05, 0) is 38.3 Å². The summed E-state index contributed by atoms with van der Waals surface area (Å²) in [5, 5.41) is 29.6. The average molecular weight is 597 g/mol. The highest BCUT2D eigenvalue weighted by molar-refractivity contribution is 7.14. The Bertz CT molecular complexity index is 1130. The summed E-state index contributed by atoms with van der Waals surface area (Å²) in [4.78, 5) is 80.0. The average Bonchev–Trinajstić information content (AvgIpc) is 3.37. The molecule has 1 saturated heterocycles. The Hall–Kier alpha value is -3.59. The van der Waals surface area contributed by atoms with Gasteiger partial charge in [0.2, 0.25) is 17.7 Å². The SMILES string of the molecule is CCC(C)[C@H](NC(=O)C1CCCCN1C)C(=O)N[C@H](C(=O)Nc1nc(C(=O)N[C@@H](CC(=O)O)C(=O)O)cs1)C(C)C. The molecule has 6 N–H and O–H groups in total. The maximum Gasteiger partial charge on any atom is 0.326 e. The van der Waals surface area contributed by atoms with Gasteiger partial charge < -0.3 is 31.5 Å². The Morgan fingerprint density at radius 1 is 1.02 bits per heavy atom. The molecule has 0 bridgehead atoms. The van der Waals surface area contributed by atoms with E-state index in [-0.39, 0.29) is 34.6 Å². The molecule has 228 valence electrons. The van der Waals surface area contributed by atoms with Crippen molar-refractivity contribution in [2.24, 2.45) is 11.8 Å². The lowest BCUT2D eigenvalue weighted by atomic mass is 9.95. The third-order valence-corrected chi connectivity index (χ3v) is 7.82. The second kappa shape index (κ2) is 15.4. The number of carbonyl (C=O) groups is 6. The van der Waals surface area contributed by atoms with Crippen molar-refractivity contribution in [3.05, 3.63) is 11.1 Å². The number of nitrogens with zero attached hydrogens (tertiary/aromatic N) is 2. The number of piperidine rings is 1. The summed E-state index contributed by atoms with van der Waals surface area (Å²) in [5.74, 6) is -5.67. The number of aromatic nitrogens is 1. The zero-order chi connectivity index (χ0) is 30.9. The van der Waals surface area contributed by atoms with Gasteiger partial charge in [0.1, 0.15) is 23.8 Å². The van der Waals surface area contributed by atoms with E-state index in [4.69, 9.17) is 10.2 Å². The van der Waals surface area contributed by atoms with Gasteiger partial charge in [-0.3, -0.25) is 28.9 Å². The number of likely N-dealkylation sites (tertiary alicyclic amines) is 1. The summed E-state index contributed by atoms with van der Waals surface area (Å²) in [6.45, 7) is 8.05. The maximum atomic E-state index is 13.4. The van der Waals surface area contributed by atoms with Crippen LogP contribution < -0.4 is 21.3 Å². The van der Waals surface area contributed by atoms with Crippen LogP contribution in [0.5, 0.6) is 0 Å². The lowest BCUT2D eigenvalue weighted by Crippen LogP contribution is -2.59. The first-order valence-electron chi connectivity index (χ1n) is 13.6. The van der Waals surface area contributed by atoms with E-state index in [0.717, 1.165) is 30.7 Å². The van der Waals surface area contributed by atoms with E-state index in [9.17, 15) is 28.8 Å². The number of hydrogen-bond acceptors (Lipinski definition) is 9. The molecular weight excluding hydrogens is 556 g/mol. The summed E-state index contributed by atoms with van der Waals surface area (Å²) in [5.41, 5.74) is -0.209. The Morgan fingerprint density at radius 2 is 1.71 bits per heavy atom. The van der Waals surface area contributed by atoms with Crippen LogP contribution in [0.2, 0.25) is 0 Å². The van der Waals surface area contributed by atoms with Gasteiger partial charge in [-0.15, -0.1) is 11.3 Å². The number of amides is 4. The van der Waals surface area contributed by atoms with Crippen LogP contribution in [0, 0.1) is 11.8 Å². The molecule has 0 aromatic carbocycles. The monoisotopic (exact) mass is 596 g/mol. The van der Waals surface area contributed by atoms with E-state index in [1.54, 1.807) is 13.8 Å². The van der Waals surface area contributed by atoms with Gasteiger partial charge in [0.15, 0.2) is 5.13 Å². The third kappa shape index (κ3) is 9.78. The summed E-state index contributed by atoms with van der Waals surface area (Å²) < 4.78 is 0. The second-order valence-corrected chi connectivity index (χ2v) is 11.4. The normalized spacial score (nSPS) is 18.4. The topological polar surface area (TPSA) is 207 Å². The van der Waals surface area contributed by atoms with Crippen LogP contribution in [0.3, 0.4) is 0 Å². The van der Waals surface area contributed by atoms with Crippen LogP contribution in [0.1, 0.15) is 70.3 Å². The van der Waals surface area contributed by atoms with Crippen LogP contribution in [0.25, 0.3) is 0 Å². The fourth-order valence-corrected chi connectivity index (χ4v) is 5.05. The molecule has 4 amide bonds. The van der Waals surface area contributed by atoms with Crippen molar-refractivity contribution in [1.82, 2.24) is 25.8 Å². The van der Waals surface area contributed by atoms with Crippen molar-refractivity contribution in [3.8, 4) is 0 Å². The predicted molar refractivity (Wildman–Crippen MR) is 150 cm³/mol. The molecule has 1 fully saturated rings. The number of rotatable bonds is 14. The molecule has 0 radical (unpaired) electrons. The zero-order valence-corrected chi connectivity index (χ0v) is 24.7. The van der Waals surface area contributed by atoms with Crippen LogP contribution in [-0.2, 0) is 24.0 Å². The molecule has 1 aliphatic rings. The van der Waals surface area contributed by atoms with Crippen molar-refractivity contribution in [2.45, 2.75) is 84.0 Å². The summed E-state index contributed by atoms with van der Waals surface area (Å²) in [6, 6.07) is -3.81. The van der Waals surface area contributed by atoms with Crippen LogP contribution >= 0.6 is 11.3 Å². The Kier molecular flexibility index (Phi) is 12.6. The summed E-state index contributed by atoms with van der Waals surface area (Å²) in [6.07, 6.45) is 2.45. The molecule has 15 heteroatoms. The fourth-order valence-electron chi connectivity index (χ4n) is 4.36. The zero-order valence-electron chi connectivity index (χ0n) is 23.9. The van der Waals surface area contributed by atoms with E-state index < -0.39 is 54.2 Å². The lowest BCUT2D eigenvalue weighted by molar-refractivity contribution is -0.145. The standard InChI is InChI=1S/C26H40N6O8S/c1-6-14(4)20(30-22(36)17-9-7-8-10-32(17)5)24(38)29-19(13(2)3)23(37)31-26-28-16(12-41-26)21(35)27-15(25(39)40)11-18(33)34/h12-15,17,19-20H,6-11H2,1-5H3,(H,27,35)(H,29,38)(H,30,36)(H,33,34)(H,39,40)(H,28,31,37)/t14?,15-,17?,19-,20-/m0/s1. The first-order chi connectivity index (χ1) is 19.2. The number of hydrogen-bond donors (Lipinski definition) is 6. The largest absolute Gasteiger partial charge is 0.481 e. The van der Waals surface area contributed by atoms with Gasteiger partial charge in [0.25, 0.3) is 5.91 Å². The van der Waals surface area contributed by atoms with Gasteiger partial charge >= 0.3 is 11.9 Å². The van der Waals surface area contributed by atoms with E-state index in [0.29, 0.717) is 12.8 Å². The van der Waals surface area contributed by atoms with Gasteiger partial charge in [0, 0.05) is 5.38 Å². The highest BCUT2D eigenvalue weighted by Gasteiger charge is 2.34. The van der Waals surface area contributed by atoms with Crippen LogP contribution in [0.4, 0.5) is 5.13 Å². The molecule has 0 aliphatic carbocycles. The number of thiazole rings is 1. The van der Waals surface area contributed by atoms with Crippen LogP contribution in [-0.4, -0.2) is 93.4 Å². The van der Waals surface area contributed by atoms with Gasteiger partial charge in [-0.25, -0.2) is 9.78 Å². The Balaban J connectivity index is 2.09. The van der Waals surface area contributed by atoms with E-state index in [2.05, 4.69) is 26.3 Å². The number of nitrogens with one attached hydrogen (secondary N) is 4. The van der Waals surface area contributed by atoms with Gasteiger partial charge in [0.05, 0.1) is 12.5 Å².